The summed E-state index contributed by atoms with van der Waals surface area (Å²) < 4.78 is 23.1. The lowest BCUT2D eigenvalue weighted by molar-refractivity contribution is 0.0560. The van der Waals surface area contributed by atoms with E-state index in [1.165, 1.54) is 12.1 Å². The third kappa shape index (κ3) is 4.27. The summed E-state index contributed by atoms with van der Waals surface area (Å²) in [6, 6.07) is 4.51. The minimum absolute atomic E-state index is 0.366. The lowest BCUT2D eigenvalue weighted by Crippen LogP contribution is -2.58. The van der Waals surface area contributed by atoms with Gasteiger partial charge in [-0.2, -0.15) is 10.2 Å². The quantitative estimate of drug-likeness (QED) is 0.643. The van der Waals surface area contributed by atoms with E-state index < -0.39 is 32.2 Å². The van der Waals surface area contributed by atoms with Crippen LogP contribution in [-0.2, 0) is 10.3 Å². The van der Waals surface area contributed by atoms with E-state index in [4.69, 9.17) is 15.5 Å². The molecule has 158 valence electrons. The van der Waals surface area contributed by atoms with Gasteiger partial charge >= 0.3 is 6.09 Å². The Bertz CT molecular complexity index is 806. The van der Waals surface area contributed by atoms with Gasteiger partial charge in [0.05, 0.1) is 10.3 Å². The third-order valence-electron chi connectivity index (χ3n) is 5.27. The number of nitrogens with two attached hydrogens (primary N) is 1. The number of nitrogen functional groups attached to an aromatic ring is 1. The molecular weight excluding hydrogens is 379 g/mol. The van der Waals surface area contributed by atoms with Crippen LogP contribution in [0.5, 0.6) is 0 Å². The van der Waals surface area contributed by atoms with E-state index in [1.54, 1.807) is 26.8 Å². The van der Waals surface area contributed by atoms with Gasteiger partial charge < -0.3 is 10.5 Å². The van der Waals surface area contributed by atoms with Crippen molar-refractivity contribution in [2.75, 3.05) is 24.8 Å². The molecule has 8 heteroatoms. The number of aliphatic imine (C=N–C) groups is 1. The molecule has 2 rings (SSSR count). The number of hydrogen-bond acceptors (Lipinski definition) is 5. The Hall–Kier alpha value is -1.80. The standard InChI is InChI=1S/C20H33FN4O2S/c1-18(2,3)27-17(26)24-16-19(4,5)28(8,23-7)12-20(6,25-16)14-11-13(22)9-10-15(14)21/h9-11,23H,12,22H2,1-8H3,(H,24,25,26)/t20-/m0/s1. The van der Waals surface area contributed by atoms with Crippen molar-refractivity contribution in [1.82, 2.24) is 10.0 Å². The van der Waals surface area contributed by atoms with Crippen LogP contribution in [0, 0.1) is 5.82 Å². The van der Waals surface area contributed by atoms with E-state index in [-0.39, 0.29) is 5.82 Å². The summed E-state index contributed by atoms with van der Waals surface area (Å²) in [6.45, 7) is 11.3. The van der Waals surface area contributed by atoms with Gasteiger partial charge in [0, 0.05) is 17.0 Å². The average molecular weight is 413 g/mol. The Morgan fingerprint density at radius 1 is 1.32 bits per heavy atom. The van der Waals surface area contributed by atoms with Gasteiger partial charge in [0.15, 0.2) is 0 Å². The molecule has 0 bridgehead atoms. The van der Waals surface area contributed by atoms with Gasteiger partial charge in [0.1, 0.15) is 17.3 Å². The second-order valence-corrected chi connectivity index (χ2v) is 12.9. The number of benzene rings is 1. The Morgan fingerprint density at radius 3 is 2.46 bits per heavy atom. The topological polar surface area (TPSA) is 88.7 Å². The maximum absolute atomic E-state index is 14.7. The van der Waals surface area contributed by atoms with Gasteiger partial charge in [-0.1, -0.05) is 0 Å². The van der Waals surface area contributed by atoms with Crippen LogP contribution < -0.4 is 15.8 Å². The third-order valence-corrected chi connectivity index (χ3v) is 9.75. The molecule has 0 fully saturated rings. The number of amidine groups is 1. The van der Waals surface area contributed by atoms with Crippen LogP contribution in [0.4, 0.5) is 14.9 Å². The van der Waals surface area contributed by atoms with Crippen LogP contribution in [-0.4, -0.2) is 41.3 Å². The number of anilines is 1. The molecule has 1 aliphatic heterocycles. The fourth-order valence-electron chi connectivity index (χ4n) is 3.37. The van der Waals surface area contributed by atoms with E-state index in [0.29, 0.717) is 22.8 Å². The molecule has 0 saturated carbocycles. The van der Waals surface area contributed by atoms with E-state index in [2.05, 4.69) is 16.3 Å². The predicted molar refractivity (Wildman–Crippen MR) is 116 cm³/mol. The van der Waals surface area contributed by atoms with Crippen molar-refractivity contribution in [3.8, 4) is 0 Å². The van der Waals surface area contributed by atoms with Crippen molar-refractivity contribution in [1.29, 1.82) is 0 Å². The molecule has 1 amide bonds. The van der Waals surface area contributed by atoms with Gasteiger partial charge in [-0.25, -0.2) is 9.18 Å². The van der Waals surface area contributed by atoms with Gasteiger partial charge in [-0.05, 0) is 73.0 Å². The van der Waals surface area contributed by atoms with Crippen molar-refractivity contribution in [2.24, 2.45) is 4.99 Å². The fraction of sp³-hybridized carbons (Fsp3) is 0.600. The first-order chi connectivity index (χ1) is 12.6. The van der Waals surface area contributed by atoms with Crippen LogP contribution in [0.15, 0.2) is 23.2 Å². The van der Waals surface area contributed by atoms with Gasteiger partial charge in [-0.3, -0.25) is 15.0 Å². The number of rotatable bonds is 2. The second kappa shape index (κ2) is 7.22. The summed E-state index contributed by atoms with van der Waals surface area (Å²) in [5.41, 5.74) is 5.29. The number of amides is 1. The zero-order valence-corrected chi connectivity index (χ0v) is 18.9. The van der Waals surface area contributed by atoms with E-state index >= 15 is 0 Å². The van der Waals surface area contributed by atoms with Gasteiger partial charge in [0.2, 0.25) is 0 Å². The number of halogens is 1. The van der Waals surface area contributed by atoms with Crippen LogP contribution in [0.2, 0.25) is 0 Å². The van der Waals surface area contributed by atoms with Crippen LogP contribution in [0.3, 0.4) is 0 Å². The smallest absolute Gasteiger partial charge is 0.413 e. The number of nitrogens with one attached hydrogen (secondary N) is 2. The van der Waals surface area contributed by atoms with Crippen molar-refractivity contribution in [3.63, 3.8) is 0 Å². The summed E-state index contributed by atoms with van der Waals surface area (Å²) in [6.07, 6.45) is 1.55. The zero-order chi connectivity index (χ0) is 21.5. The Labute approximate surface area is 169 Å². The average Bonchev–Trinajstić information content (AvgIpc) is 2.53. The minimum Gasteiger partial charge on any atom is -0.444 e. The summed E-state index contributed by atoms with van der Waals surface area (Å²) >= 11 is 0. The van der Waals surface area contributed by atoms with Gasteiger partial charge in [0.25, 0.3) is 0 Å². The molecular formula is C20H33FN4O2S. The molecule has 1 aliphatic rings. The first-order valence-electron chi connectivity index (χ1n) is 9.23. The molecule has 0 aliphatic carbocycles. The minimum atomic E-state index is -1.54. The zero-order valence-electron chi connectivity index (χ0n) is 18.1. The first-order valence-corrected chi connectivity index (χ1v) is 11.4. The number of carbonyl (C=O) groups is 1. The highest BCUT2D eigenvalue weighted by Gasteiger charge is 2.50. The Balaban J connectivity index is 2.58. The van der Waals surface area contributed by atoms with E-state index in [0.717, 1.165) is 0 Å². The molecule has 2 atom stereocenters. The highest BCUT2D eigenvalue weighted by atomic mass is 32.3. The molecule has 0 saturated heterocycles. The van der Waals surface area contributed by atoms with Crippen LogP contribution >= 0.6 is 10.2 Å². The molecule has 0 spiro atoms. The van der Waals surface area contributed by atoms with Gasteiger partial charge in [-0.15, -0.1) is 0 Å². The van der Waals surface area contributed by atoms with E-state index in [9.17, 15) is 9.18 Å². The maximum atomic E-state index is 14.7. The summed E-state index contributed by atoms with van der Waals surface area (Å²) in [4.78, 5) is 17.3. The number of alkyl carbamates (subject to hydrolysis) is 1. The lowest BCUT2D eigenvalue weighted by atomic mass is 9.92. The highest BCUT2D eigenvalue weighted by molar-refractivity contribution is 8.33. The molecule has 0 aromatic heterocycles. The van der Waals surface area contributed by atoms with Crippen molar-refractivity contribution < 1.29 is 13.9 Å². The van der Waals surface area contributed by atoms with Crippen molar-refractivity contribution >= 4 is 27.8 Å². The Morgan fingerprint density at radius 2 is 1.93 bits per heavy atom. The van der Waals surface area contributed by atoms with Crippen LogP contribution in [0.25, 0.3) is 0 Å². The summed E-state index contributed by atoms with van der Waals surface area (Å²) in [7, 11) is 0.354. The molecule has 4 N–H and O–H groups in total. The number of hydrogen-bond donors (Lipinski definition) is 3. The molecule has 0 radical (unpaired) electrons. The first kappa shape index (κ1) is 22.5. The monoisotopic (exact) mass is 412 g/mol. The van der Waals surface area contributed by atoms with E-state index in [1.807, 2.05) is 27.8 Å². The summed E-state index contributed by atoms with van der Waals surface area (Å²) in [5, 5.41) is 2.83. The fourth-order valence-corrected chi connectivity index (χ4v) is 6.25. The second-order valence-electron chi connectivity index (χ2n) is 9.05. The number of ether oxygens (including phenoxy) is 1. The van der Waals surface area contributed by atoms with Crippen LogP contribution in [0.1, 0.15) is 47.1 Å². The molecule has 1 aromatic rings. The number of nitrogens with zero attached hydrogens (tertiary/aromatic N) is 1. The lowest BCUT2D eigenvalue weighted by Gasteiger charge is -2.56. The molecule has 1 heterocycles. The normalized spacial score (nSPS) is 29.4. The summed E-state index contributed by atoms with van der Waals surface area (Å²) in [5.74, 6) is 0.711. The maximum Gasteiger partial charge on any atom is 0.413 e. The SMILES string of the molecule is CNS1(C)C[C@@](C)(c2cc(N)ccc2F)N=C(NC(=O)OC(C)(C)C)C1(C)C. The molecule has 6 nitrogen and oxygen atoms in total. The van der Waals surface area contributed by atoms with Crippen molar-refractivity contribution in [3.05, 3.63) is 29.6 Å². The van der Waals surface area contributed by atoms with Crippen molar-refractivity contribution in [2.45, 2.75) is 57.4 Å². The molecule has 28 heavy (non-hydrogen) atoms. The highest BCUT2D eigenvalue weighted by Crippen LogP contribution is 2.59. The molecule has 1 aromatic carbocycles. The number of carbonyl (C=O) groups excluding carboxylic acids is 1. The Kier molecular flexibility index (Phi) is 5.80. The predicted octanol–water partition coefficient (Wildman–Crippen LogP) is 3.91. The molecule has 1 unspecified atom stereocenters. The largest absolute Gasteiger partial charge is 0.444 e.